The molecule has 1 heterocycles. The van der Waals surface area contributed by atoms with E-state index in [4.69, 9.17) is 0 Å². The van der Waals surface area contributed by atoms with Crippen LogP contribution in [0, 0.1) is 19.8 Å². The van der Waals surface area contributed by atoms with Gasteiger partial charge in [0.05, 0.1) is 23.3 Å². The molecule has 1 N–H and O–H groups in total. The van der Waals surface area contributed by atoms with Crippen LogP contribution in [0.3, 0.4) is 0 Å². The Kier molecular flexibility index (Phi) is 4.52. The van der Waals surface area contributed by atoms with E-state index in [1.807, 2.05) is 25.1 Å². The molecule has 1 aliphatic rings. The minimum Gasteiger partial charge on any atom is -0.347 e. The third-order valence-corrected chi connectivity index (χ3v) is 5.14. The third kappa shape index (κ3) is 3.77. The first-order valence-corrected chi connectivity index (χ1v) is 9.33. The van der Waals surface area contributed by atoms with Crippen molar-refractivity contribution >= 4 is 16.8 Å². The summed E-state index contributed by atoms with van der Waals surface area (Å²) in [5.41, 5.74) is 3.78. The molecule has 0 unspecified atom stereocenters. The molecular formula is C22H23N3O2. The predicted octanol–water partition coefficient (Wildman–Crippen LogP) is 3.28. The second-order valence-electron chi connectivity index (χ2n) is 7.49. The van der Waals surface area contributed by atoms with Crippen LogP contribution >= 0.6 is 0 Å². The van der Waals surface area contributed by atoms with Crippen molar-refractivity contribution in [3.05, 3.63) is 75.8 Å². The number of hydrogen-bond donors (Lipinski definition) is 1. The van der Waals surface area contributed by atoms with Crippen molar-refractivity contribution in [1.82, 2.24) is 14.9 Å². The predicted molar refractivity (Wildman–Crippen MR) is 106 cm³/mol. The van der Waals surface area contributed by atoms with Crippen molar-refractivity contribution in [1.29, 1.82) is 0 Å². The fraction of sp³-hybridized carbons (Fsp3) is 0.318. The van der Waals surface area contributed by atoms with Crippen LogP contribution in [-0.2, 0) is 11.3 Å². The maximum absolute atomic E-state index is 12.7. The standard InChI is InChI=1S/C22H23N3O2/c1-14-3-6-16(7-4-14)21(17-8-9-17)24-20(26)12-25-13-23-19-10-5-15(2)11-18(19)22(25)27/h3-7,10-11,13,17,21H,8-9,12H2,1-2H3,(H,24,26)/t21-/m1/s1. The molecule has 4 rings (SSSR count). The molecule has 27 heavy (non-hydrogen) atoms. The van der Waals surface area contributed by atoms with Gasteiger partial charge in [-0.25, -0.2) is 4.98 Å². The van der Waals surface area contributed by atoms with Crippen LogP contribution in [-0.4, -0.2) is 15.5 Å². The molecular weight excluding hydrogens is 338 g/mol. The average Bonchev–Trinajstić information content (AvgIpc) is 3.48. The molecule has 0 radical (unpaired) electrons. The Hall–Kier alpha value is -2.95. The second-order valence-corrected chi connectivity index (χ2v) is 7.49. The monoisotopic (exact) mass is 361 g/mol. The van der Waals surface area contributed by atoms with Crippen molar-refractivity contribution in [2.24, 2.45) is 5.92 Å². The highest BCUT2D eigenvalue weighted by atomic mass is 16.2. The molecule has 1 amide bonds. The van der Waals surface area contributed by atoms with E-state index in [1.165, 1.54) is 16.5 Å². The average molecular weight is 361 g/mol. The minimum atomic E-state index is -0.183. The van der Waals surface area contributed by atoms with Crippen LogP contribution in [0.25, 0.3) is 10.9 Å². The number of amides is 1. The molecule has 1 aliphatic carbocycles. The van der Waals surface area contributed by atoms with Crippen molar-refractivity contribution in [3.63, 3.8) is 0 Å². The number of aromatic nitrogens is 2. The van der Waals surface area contributed by atoms with Gasteiger partial charge in [0.15, 0.2) is 0 Å². The number of benzene rings is 2. The van der Waals surface area contributed by atoms with E-state index in [1.54, 1.807) is 0 Å². The molecule has 2 aromatic carbocycles. The summed E-state index contributed by atoms with van der Waals surface area (Å²) in [6.45, 7) is 3.96. The number of fused-ring (bicyclic) bond motifs is 1. The van der Waals surface area contributed by atoms with E-state index < -0.39 is 0 Å². The van der Waals surface area contributed by atoms with Gasteiger partial charge in [-0.1, -0.05) is 41.5 Å². The lowest BCUT2D eigenvalue weighted by atomic mass is 10.0. The van der Waals surface area contributed by atoms with Crippen LogP contribution in [0.4, 0.5) is 0 Å². The zero-order valence-electron chi connectivity index (χ0n) is 15.6. The molecule has 3 aromatic rings. The molecule has 1 aromatic heterocycles. The quantitative estimate of drug-likeness (QED) is 0.758. The molecule has 0 spiro atoms. The Balaban J connectivity index is 1.55. The Morgan fingerprint density at radius 3 is 2.56 bits per heavy atom. The fourth-order valence-electron chi connectivity index (χ4n) is 3.44. The van der Waals surface area contributed by atoms with E-state index in [0.29, 0.717) is 16.8 Å². The van der Waals surface area contributed by atoms with Gasteiger partial charge in [0.1, 0.15) is 6.54 Å². The summed E-state index contributed by atoms with van der Waals surface area (Å²) in [7, 11) is 0. The first kappa shape index (κ1) is 17.5. The first-order valence-electron chi connectivity index (χ1n) is 9.33. The Morgan fingerprint density at radius 1 is 1.15 bits per heavy atom. The van der Waals surface area contributed by atoms with Crippen molar-refractivity contribution in [2.75, 3.05) is 0 Å². The van der Waals surface area contributed by atoms with E-state index in [-0.39, 0.29) is 24.1 Å². The fourth-order valence-corrected chi connectivity index (χ4v) is 3.44. The smallest absolute Gasteiger partial charge is 0.261 e. The van der Waals surface area contributed by atoms with Crippen LogP contribution < -0.4 is 10.9 Å². The largest absolute Gasteiger partial charge is 0.347 e. The van der Waals surface area contributed by atoms with Gasteiger partial charge in [-0.05, 0) is 50.3 Å². The molecule has 5 heteroatoms. The number of carbonyl (C=O) groups excluding carboxylic acids is 1. The molecule has 1 atom stereocenters. The molecule has 5 nitrogen and oxygen atoms in total. The minimum absolute atomic E-state index is 0.00413. The number of aryl methyl sites for hydroxylation is 2. The lowest BCUT2D eigenvalue weighted by Gasteiger charge is -2.19. The Labute approximate surface area is 158 Å². The zero-order chi connectivity index (χ0) is 19.0. The summed E-state index contributed by atoms with van der Waals surface area (Å²) < 4.78 is 1.39. The maximum Gasteiger partial charge on any atom is 0.261 e. The first-order chi connectivity index (χ1) is 13.0. The zero-order valence-corrected chi connectivity index (χ0v) is 15.6. The number of nitrogens with zero attached hydrogens (tertiary/aromatic N) is 2. The van der Waals surface area contributed by atoms with Crippen LogP contribution in [0.5, 0.6) is 0 Å². The van der Waals surface area contributed by atoms with Crippen molar-refractivity contribution in [2.45, 2.75) is 39.3 Å². The number of nitrogens with one attached hydrogen (secondary N) is 1. The lowest BCUT2D eigenvalue weighted by molar-refractivity contribution is -0.122. The highest BCUT2D eigenvalue weighted by Gasteiger charge is 2.33. The van der Waals surface area contributed by atoms with Crippen LogP contribution in [0.1, 0.15) is 35.6 Å². The molecule has 0 aliphatic heterocycles. The Bertz CT molecular complexity index is 1050. The highest BCUT2D eigenvalue weighted by Crippen LogP contribution is 2.41. The molecule has 0 saturated heterocycles. The Morgan fingerprint density at radius 2 is 1.85 bits per heavy atom. The summed E-state index contributed by atoms with van der Waals surface area (Å²) >= 11 is 0. The molecule has 138 valence electrons. The molecule has 1 saturated carbocycles. The van der Waals surface area contributed by atoms with Crippen molar-refractivity contribution in [3.8, 4) is 0 Å². The topological polar surface area (TPSA) is 64.0 Å². The van der Waals surface area contributed by atoms with Gasteiger partial charge in [0.2, 0.25) is 5.91 Å². The van der Waals surface area contributed by atoms with Gasteiger partial charge >= 0.3 is 0 Å². The van der Waals surface area contributed by atoms with Gasteiger partial charge in [-0.15, -0.1) is 0 Å². The summed E-state index contributed by atoms with van der Waals surface area (Å²) in [4.78, 5) is 29.7. The van der Waals surface area contributed by atoms with Gasteiger partial charge in [0.25, 0.3) is 5.56 Å². The second kappa shape index (κ2) is 6.99. The van der Waals surface area contributed by atoms with Crippen molar-refractivity contribution < 1.29 is 4.79 Å². The maximum atomic E-state index is 12.7. The number of hydrogen-bond acceptors (Lipinski definition) is 3. The summed E-state index contributed by atoms with van der Waals surface area (Å²) in [5, 5.41) is 3.67. The SMILES string of the molecule is Cc1ccc([C@@H](NC(=O)Cn2cnc3ccc(C)cc3c2=O)C2CC2)cc1. The lowest BCUT2D eigenvalue weighted by Crippen LogP contribution is -2.35. The van der Waals surface area contributed by atoms with Gasteiger partial charge in [0, 0.05) is 0 Å². The van der Waals surface area contributed by atoms with Crippen LogP contribution in [0.15, 0.2) is 53.6 Å². The summed E-state index contributed by atoms with van der Waals surface area (Å²) in [5.74, 6) is 0.314. The van der Waals surface area contributed by atoms with E-state index >= 15 is 0 Å². The number of carbonyl (C=O) groups is 1. The third-order valence-electron chi connectivity index (χ3n) is 5.14. The van der Waals surface area contributed by atoms with E-state index in [0.717, 1.165) is 24.0 Å². The van der Waals surface area contributed by atoms with Gasteiger partial charge in [-0.3, -0.25) is 14.2 Å². The van der Waals surface area contributed by atoms with Gasteiger partial charge < -0.3 is 5.32 Å². The van der Waals surface area contributed by atoms with E-state index in [2.05, 4.69) is 41.5 Å². The normalized spacial score (nSPS) is 14.9. The number of rotatable bonds is 5. The van der Waals surface area contributed by atoms with Crippen LogP contribution in [0.2, 0.25) is 0 Å². The van der Waals surface area contributed by atoms with Gasteiger partial charge in [-0.2, -0.15) is 0 Å². The van der Waals surface area contributed by atoms with E-state index in [9.17, 15) is 9.59 Å². The summed E-state index contributed by atoms with van der Waals surface area (Å²) in [6, 6.07) is 13.9. The molecule has 0 bridgehead atoms. The summed E-state index contributed by atoms with van der Waals surface area (Å²) in [6.07, 6.45) is 3.70. The highest BCUT2D eigenvalue weighted by molar-refractivity contribution is 5.79. The molecule has 1 fully saturated rings.